The minimum atomic E-state index is 0.0155. The van der Waals surface area contributed by atoms with E-state index in [9.17, 15) is 4.79 Å². The number of thiazole rings is 1. The fraction of sp³-hybridized carbons (Fsp3) is 0.273. The Hall–Kier alpha value is -3.26. The Morgan fingerprint density at radius 2 is 1.93 bits per heavy atom. The Morgan fingerprint density at radius 3 is 2.73 bits per heavy atom. The van der Waals surface area contributed by atoms with Crippen molar-refractivity contribution in [2.24, 2.45) is 0 Å². The second-order valence-corrected chi connectivity index (χ2v) is 8.01. The highest BCUT2D eigenvalue weighted by Crippen LogP contribution is 2.23. The maximum absolute atomic E-state index is 12.1. The zero-order valence-corrected chi connectivity index (χ0v) is 17.5. The molecule has 2 aromatic carbocycles. The van der Waals surface area contributed by atoms with Crippen LogP contribution in [0.3, 0.4) is 0 Å². The maximum Gasteiger partial charge on any atom is 0.220 e. The number of carbonyl (C=O) groups is 1. The number of nitrogens with one attached hydrogen (secondary N) is 2. The summed E-state index contributed by atoms with van der Waals surface area (Å²) in [5.41, 5.74) is 1.94. The van der Waals surface area contributed by atoms with Crippen LogP contribution >= 0.6 is 11.3 Å². The predicted molar refractivity (Wildman–Crippen MR) is 117 cm³/mol. The molecule has 7 nitrogen and oxygen atoms in total. The summed E-state index contributed by atoms with van der Waals surface area (Å²) >= 11 is 1.73. The molecule has 4 rings (SSSR count). The molecule has 0 aliphatic carbocycles. The summed E-state index contributed by atoms with van der Waals surface area (Å²) in [5.74, 6) is 2.02. The van der Waals surface area contributed by atoms with Gasteiger partial charge < -0.3 is 10.1 Å². The largest absolute Gasteiger partial charge is 0.497 e. The normalized spacial score (nSPS) is 11.0. The molecule has 0 atom stereocenters. The fourth-order valence-corrected chi connectivity index (χ4v) is 4.11. The van der Waals surface area contributed by atoms with Crippen LogP contribution in [-0.2, 0) is 17.8 Å². The molecule has 154 valence electrons. The highest BCUT2D eigenvalue weighted by atomic mass is 32.1. The third-order valence-electron chi connectivity index (χ3n) is 4.72. The molecule has 0 fully saturated rings. The van der Waals surface area contributed by atoms with Gasteiger partial charge in [0.1, 0.15) is 11.6 Å². The molecule has 30 heavy (non-hydrogen) atoms. The van der Waals surface area contributed by atoms with Crippen LogP contribution in [0.25, 0.3) is 21.6 Å². The molecule has 1 amide bonds. The van der Waals surface area contributed by atoms with E-state index >= 15 is 0 Å². The lowest BCUT2D eigenvalue weighted by molar-refractivity contribution is -0.121. The van der Waals surface area contributed by atoms with E-state index in [0.29, 0.717) is 24.6 Å². The van der Waals surface area contributed by atoms with Gasteiger partial charge in [-0.1, -0.05) is 12.1 Å². The number of ether oxygens (including phenoxy) is 1. The van der Waals surface area contributed by atoms with E-state index < -0.39 is 0 Å². The molecule has 0 radical (unpaired) electrons. The number of H-pyrrole nitrogens is 1. The molecule has 8 heteroatoms. The third-order valence-corrected chi connectivity index (χ3v) is 5.81. The van der Waals surface area contributed by atoms with Crippen molar-refractivity contribution in [1.29, 1.82) is 0 Å². The minimum absolute atomic E-state index is 0.0155. The molecule has 4 aromatic rings. The highest BCUT2D eigenvalue weighted by molar-refractivity contribution is 7.18. The number of aromatic amines is 1. The van der Waals surface area contributed by atoms with Crippen LogP contribution in [0.2, 0.25) is 0 Å². The van der Waals surface area contributed by atoms with Gasteiger partial charge in [0.15, 0.2) is 5.82 Å². The van der Waals surface area contributed by atoms with E-state index in [4.69, 9.17) is 4.74 Å². The topological polar surface area (TPSA) is 92.8 Å². The van der Waals surface area contributed by atoms with Gasteiger partial charge in [-0.05, 0) is 55.7 Å². The number of fused-ring (bicyclic) bond motifs is 1. The van der Waals surface area contributed by atoms with Crippen LogP contribution in [0, 0.1) is 0 Å². The number of amides is 1. The average molecular weight is 422 g/mol. The van der Waals surface area contributed by atoms with Crippen LogP contribution in [0.1, 0.15) is 30.1 Å². The van der Waals surface area contributed by atoms with Crippen molar-refractivity contribution in [1.82, 2.24) is 25.5 Å². The van der Waals surface area contributed by atoms with Crippen LogP contribution in [0.5, 0.6) is 5.75 Å². The van der Waals surface area contributed by atoms with Gasteiger partial charge in [-0.25, -0.2) is 9.97 Å². The molecule has 0 aliphatic heterocycles. The zero-order valence-electron chi connectivity index (χ0n) is 16.7. The summed E-state index contributed by atoms with van der Waals surface area (Å²) < 4.78 is 6.37. The Kier molecular flexibility index (Phi) is 6.34. The van der Waals surface area contributed by atoms with Crippen molar-refractivity contribution in [2.45, 2.75) is 32.2 Å². The van der Waals surface area contributed by atoms with E-state index in [2.05, 4.69) is 31.5 Å². The van der Waals surface area contributed by atoms with Crippen molar-refractivity contribution in [3.05, 3.63) is 59.4 Å². The van der Waals surface area contributed by atoms with Crippen molar-refractivity contribution in [3.8, 4) is 17.1 Å². The molecule has 0 saturated heterocycles. The van der Waals surface area contributed by atoms with Crippen LogP contribution in [0.15, 0.2) is 48.5 Å². The Labute approximate surface area is 178 Å². The quantitative estimate of drug-likeness (QED) is 0.397. The summed E-state index contributed by atoms with van der Waals surface area (Å²) in [5, 5.41) is 11.1. The zero-order chi connectivity index (χ0) is 20.8. The third kappa shape index (κ3) is 5.01. The fourth-order valence-electron chi connectivity index (χ4n) is 3.10. The van der Waals surface area contributed by atoms with Gasteiger partial charge in [-0.2, -0.15) is 5.10 Å². The van der Waals surface area contributed by atoms with Gasteiger partial charge in [-0.15, -0.1) is 11.3 Å². The number of aromatic nitrogens is 4. The molecule has 0 spiro atoms. The maximum atomic E-state index is 12.1. The molecule has 2 N–H and O–H groups in total. The van der Waals surface area contributed by atoms with E-state index in [1.165, 1.54) is 4.70 Å². The second kappa shape index (κ2) is 9.49. The van der Waals surface area contributed by atoms with Crippen molar-refractivity contribution < 1.29 is 9.53 Å². The summed E-state index contributed by atoms with van der Waals surface area (Å²) in [7, 11) is 1.63. The number of methoxy groups -OCH3 is 1. The molecule has 2 aromatic heterocycles. The SMILES string of the molecule is COc1ccc(-c2n[nH]c(CNC(=O)CCCCc3nc4ccccc4s3)n2)cc1. The predicted octanol–water partition coefficient (Wildman–Crippen LogP) is 4.12. The molecular weight excluding hydrogens is 398 g/mol. The van der Waals surface area contributed by atoms with Gasteiger partial charge >= 0.3 is 0 Å². The Balaban J connectivity index is 1.19. The number of hydrogen-bond acceptors (Lipinski definition) is 6. The summed E-state index contributed by atoms with van der Waals surface area (Å²) in [6.07, 6.45) is 3.16. The van der Waals surface area contributed by atoms with Gasteiger partial charge in [0.2, 0.25) is 5.91 Å². The van der Waals surface area contributed by atoms with Crippen molar-refractivity contribution in [3.63, 3.8) is 0 Å². The first-order valence-electron chi connectivity index (χ1n) is 9.88. The molecule has 0 saturated carbocycles. The number of unbranched alkanes of at least 4 members (excludes halogenated alkanes) is 1. The first-order valence-corrected chi connectivity index (χ1v) is 10.7. The lowest BCUT2D eigenvalue weighted by atomic mass is 10.2. The van der Waals surface area contributed by atoms with Gasteiger partial charge in [0, 0.05) is 12.0 Å². The van der Waals surface area contributed by atoms with Crippen molar-refractivity contribution in [2.75, 3.05) is 7.11 Å². The number of hydrogen-bond donors (Lipinski definition) is 2. The van der Waals surface area contributed by atoms with Crippen molar-refractivity contribution >= 4 is 27.5 Å². The highest BCUT2D eigenvalue weighted by Gasteiger charge is 2.08. The Morgan fingerprint density at radius 1 is 1.10 bits per heavy atom. The summed E-state index contributed by atoms with van der Waals surface area (Å²) in [6, 6.07) is 15.7. The van der Waals surface area contributed by atoms with E-state index in [1.807, 2.05) is 42.5 Å². The number of rotatable bonds is 9. The van der Waals surface area contributed by atoms with E-state index in [-0.39, 0.29) is 5.91 Å². The van der Waals surface area contributed by atoms with Gasteiger partial charge in [0.05, 0.1) is 28.9 Å². The average Bonchev–Trinajstić information content (AvgIpc) is 3.42. The van der Waals surface area contributed by atoms with E-state index in [1.54, 1.807) is 18.4 Å². The first kappa shape index (κ1) is 20.0. The molecule has 2 heterocycles. The molecule has 0 aliphatic rings. The van der Waals surface area contributed by atoms with Crippen LogP contribution < -0.4 is 10.1 Å². The van der Waals surface area contributed by atoms with Crippen LogP contribution in [0.4, 0.5) is 0 Å². The van der Waals surface area contributed by atoms with Gasteiger partial charge in [-0.3, -0.25) is 9.89 Å². The summed E-state index contributed by atoms with van der Waals surface area (Å²) in [6.45, 7) is 0.333. The lowest BCUT2D eigenvalue weighted by Crippen LogP contribution is -2.23. The number of benzene rings is 2. The monoisotopic (exact) mass is 421 g/mol. The van der Waals surface area contributed by atoms with Crippen LogP contribution in [-0.4, -0.2) is 33.2 Å². The molecular formula is C22H23N5O2S. The molecule has 0 bridgehead atoms. The lowest BCUT2D eigenvalue weighted by Gasteiger charge is -2.02. The van der Waals surface area contributed by atoms with E-state index in [0.717, 1.165) is 41.1 Å². The standard InChI is InChI=1S/C22H23N5O2S/c1-29-16-12-10-15(11-13-16)22-25-19(26-27-22)14-23-20(28)8-4-5-9-21-24-17-6-2-3-7-18(17)30-21/h2-3,6-7,10-13H,4-5,8-9,14H2,1H3,(H,23,28)(H,25,26,27). The number of carbonyl (C=O) groups excluding carboxylic acids is 1. The second-order valence-electron chi connectivity index (χ2n) is 6.89. The number of para-hydroxylation sites is 1. The minimum Gasteiger partial charge on any atom is -0.497 e. The number of nitrogens with zero attached hydrogens (tertiary/aromatic N) is 3. The smallest absolute Gasteiger partial charge is 0.220 e. The van der Waals surface area contributed by atoms with Gasteiger partial charge in [0.25, 0.3) is 0 Å². The first-order chi connectivity index (χ1) is 14.7. The molecule has 0 unspecified atom stereocenters. The summed E-state index contributed by atoms with van der Waals surface area (Å²) in [4.78, 5) is 21.2. The Bertz CT molecular complexity index is 1090. The number of aryl methyl sites for hydroxylation is 1.